The van der Waals surface area contributed by atoms with Crippen LogP contribution in [0.1, 0.15) is 26.0 Å². The molecular formula is C15H18F2N4. The van der Waals surface area contributed by atoms with E-state index in [4.69, 9.17) is 0 Å². The number of rotatable bonds is 5. The van der Waals surface area contributed by atoms with E-state index in [0.29, 0.717) is 11.5 Å². The Kier molecular flexibility index (Phi) is 4.67. The minimum Gasteiger partial charge on any atom is -0.367 e. The molecule has 0 fully saturated rings. The van der Waals surface area contributed by atoms with Gasteiger partial charge in [0.05, 0.1) is 0 Å². The Morgan fingerprint density at radius 2 is 1.86 bits per heavy atom. The molecule has 2 aromatic rings. The zero-order chi connectivity index (χ0) is 15.4. The third-order valence-electron chi connectivity index (χ3n) is 3.06. The molecule has 6 heteroatoms. The summed E-state index contributed by atoms with van der Waals surface area (Å²) in [6, 6.07) is 5.70. The zero-order valence-electron chi connectivity index (χ0n) is 12.2. The quantitative estimate of drug-likeness (QED) is 0.874. The molecule has 1 atom stereocenters. The topological polar surface area (TPSA) is 49.8 Å². The number of para-hydroxylation sites is 1. The van der Waals surface area contributed by atoms with Gasteiger partial charge in [-0.3, -0.25) is 0 Å². The molecule has 0 saturated heterocycles. The first kappa shape index (κ1) is 15.2. The molecule has 0 aliphatic carbocycles. The van der Waals surface area contributed by atoms with Gasteiger partial charge in [0.25, 0.3) is 0 Å². The van der Waals surface area contributed by atoms with E-state index in [1.165, 1.54) is 18.2 Å². The standard InChI is InChI=1S/C15H18F2N4/c1-4-9(2)18-13-8-10(3)19-15(20-13)21-14-11(16)6-5-7-12(14)17/h5-9H,4H2,1-3H3,(H2,18,19,20,21). The van der Waals surface area contributed by atoms with Gasteiger partial charge in [-0.15, -0.1) is 0 Å². The monoisotopic (exact) mass is 292 g/mol. The Bertz CT molecular complexity index is 611. The molecule has 1 unspecified atom stereocenters. The molecule has 112 valence electrons. The van der Waals surface area contributed by atoms with E-state index in [0.717, 1.165) is 6.42 Å². The molecule has 21 heavy (non-hydrogen) atoms. The molecule has 0 saturated carbocycles. The SMILES string of the molecule is CCC(C)Nc1cc(C)nc(Nc2c(F)cccc2F)n1. The van der Waals surface area contributed by atoms with Gasteiger partial charge in [-0.25, -0.2) is 13.8 Å². The lowest BCUT2D eigenvalue weighted by Crippen LogP contribution is -2.15. The average molecular weight is 292 g/mol. The van der Waals surface area contributed by atoms with Crippen LogP contribution in [0.15, 0.2) is 24.3 Å². The first-order valence-corrected chi connectivity index (χ1v) is 6.83. The fourth-order valence-corrected chi connectivity index (χ4v) is 1.78. The summed E-state index contributed by atoms with van der Waals surface area (Å²) >= 11 is 0. The number of hydrogen-bond donors (Lipinski definition) is 2. The van der Waals surface area contributed by atoms with Gasteiger partial charge >= 0.3 is 0 Å². The van der Waals surface area contributed by atoms with Crippen LogP contribution in [0.5, 0.6) is 0 Å². The Labute approximate surface area is 122 Å². The second-order valence-corrected chi connectivity index (χ2v) is 4.89. The summed E-state index contributed by atoms with van der Waals surface area (Å²) in [5.74, 6) is -0.589. The first-order chi connectivity index (χ1) is 9.99. The third-order valence-corrected chi connectivity index (χ3v) is 3.06. The Balaban J connectivity index is 2.28. The van der Waals surface area contributed by atoms with Crippen molar-refractivity contribution in [2.24, 2.45) is 0 Å². The summed E-state index contributed by atoms with van der Waals surface area (Å²) in [5, 5.41) is 5.81. The number of anilines is 3. The van der Waals surface area contributed by atoms with Crippen molar-refractivity contribution in [3.63, 3.8) is 0 Å². The Morgan fingerprint density at radius 1 is 1.19 bits per heavy atom. The lowest BCUT2D eigenvalue weighted by atomic mass is 10.2. The summed E-state index contributed by atoms with van der Waals surface area (Å²) in [5.41, 5.74) is 0.452. The van der Waals surface area contributed by atoms with Crippen molar-refractivity contribution >= 4 is 17.5 Å². The van der Waals surface area contributed by atoms with E-state index >= 15 is 0 Å². The Hall–Kier alpha value is -2.24. The number of nitrogens with one attached hydrogen (secondary N) is 2. The molecule has 0 aliphatic rings. The van der Waals surface area contributed by atoms with Crippen LogP contribution in [0.4, 0.5) is 26.2 Å². The van der Waals surface area contributed by atoms with E-state index in [1.54, 1.807) is 13.0 Å². The molecule has 0 aliphatic heterocycles. The molecule has 2 rings (SSSR count). The van der Waals surface area contributed by atoms with Gasteiger partial charge in [-0.2, -0.15) is 4.98 Å². The van der Waals surface area contributed by atoms with Crippen molar-refractivity contribution in [3.05, 3.63) is 41.6 Å². The Morgan fingerprint density at radius 3 is 2.48 bits per heavy atom. The normalized spacial score (nSPS) is 12.0. The van der Waals surface area contributed by atoms with Crippen molar-refractivity contribution in [3.8, 4) is 0 Å². The van der Waals surface area contributed by atoms with Crippen molar-refractivity contribution in [1.29, 1.82) is 0 Å². The summed E-state index contributed by atoms with van der Waals surface area (Å²) in [7, 11) is 0. The number of hydrogen-bond acceptors (Lipinski definition) is 4. The molecule has 0 bridgehead atoms. The summed E-state index contributed by atoms with van der Waals surface area (Å²) in [4.78, 5) is 8.38. The van der Waals surface area contributed by atoms with Gasteiger partial charge in [0.15, 0.2) is 0 Å². The highest BCUT2D eigenvalue weighted by molar-refractivity contribution is 5.56. The van der Waals surface area contributed by atoms with E-state index in [9.17, 15) is 8.78 Å². The largest absolute Gasteiger partial charge is 0.367 e. The van der Waals surface area contributed by atoms with Gasteiger partial charge in [0.1, 0.15) is 23.1 Å². The highest BCUT2D eigenvalue weighted by Crippen LogP contribution is 2.22. The van der Waals surface area contributed by atoms with Gasteiger partial charge < -0.3 is 10.6 Å². The number of aromatic nitrogens is 2. The smallest absolute Gasteiger partial charge is 0.229 e. The number of benzene rings is 1. The van der Waals surface area contributed by atoms with Crippen molar-refractivity contribution in [2.75, 3.05) is 10.6 Å². The van der Waals surface area contributed by atoms with Crippen molar-refractivity contribution in [2.45, 2.75) is 33.2 Å². The van der Waals surface area contributed by atoms with Gasteiger partial charge in [0, 0.05) is 17.8 Å². The minimum absolute atomic E-state index is 0.157. The summed E-state index contributed by atoms with van der Waals surface area (Å²) in [6.45, 7) is 5.88. The molecule has 0 amide bonds. The van der Waals surface area contributed by atoms with Crippen LogP contribution in [0.25, 0.3) is 0 Å². The molecule has 2 N–H and O–H groups in total. The molecule has 0 radical (unpaired) electrons. The first-order valence-electron chi connectivity index (χ1n) is 6.83. The maximum absolute atomic E-state index is 13.6. The fourth-order valence-electron chi connectivity index (χ4n) is 1.78. The predicted octanol–water partition coefficient (Wildman–Crippen LogP) is 4.02. The minimum atomic E-state index is -0.684. The van der Waals surface area contributed by atoms with Crippen LogP contribution in [-0.4, -0.2) is 16.0 Å². The van der Waals surface area contributed by atoms with Crippen LogP contribution in [-0.2, 0) is 0 Å². The van der Waals surface area contributed by atoms with Crippen LogP contribution in [0, 0.1) is 18.6 Å². The van der Waals surface area contributed by atoms with Gasteiger partial charge in [-0.05, 0) is 32.4 Å². The highest BCUT2D eigenvalue weighted by atomic mass is 19.1. The molecular weight excluding hydrogens is 274 g/mol. The van der Waals surface area contributed by atoms with Crippen LogP contribution >= 0.6 is 0 Å². The van der Waals surface area contributed by atoms with Crippen LogP contribution < -0.4 is 10.6 Å². The predicted molar refractivity (Wildman–Crippen MR) is 79.8 cm³/mol. The van der Waals surface area contributed by atoms with Gasteiger partial charge in [0.2, 0.25) is 5.95 Å². The second-order valence-electron chi connectivity index (χ2n) is 4.89. The second kappa shape index (κ2) is 6.47. The molecule has 1 heterocycles. The fraction of sp³-hybridized carbons (Fsp3) is 0.333. The molecule has 1 aromatic heterocycles. The maximum Gasteiger partial charge on any atom is 0.229 e. The van der Waals surface area contributed by atoms with E-state index < -0.39 is 11.6 Å². The lowest BCUT2D eigenvalue weighted by Gasteiger charge is -2.14. The van der Waals surface area contributed by atoms with E-state index in [-0.39, 0.29) is 17.7 Å². The molecule has 0 spiro atoms. The maximum atomic E-state index is 13.6. The molecule has 4 nitrogen and oxygen atoms in total. The zero-order valence-corrected chi connectivity index (χ0v) is 12.2. The average Bonchev–Trinajstić information content (AvgIpc) is 2.42. The highest BCUT2D eigenvalue weighted by Gasteiger charge is 2.11. The summed E-state index contributed by atoms with van der Waals surface area (Å²) < 4.78 is 27.3. The number of halogens is 2. The van der Waals surface area contributed by atoms with E-state index in [2.05, 4.69) is 27.5 Å². The third kappa shape index (κ3) is 3.87. The van der Waals surface area contributed by atoms with Gasteiger partial charge in [-0.1, -0.05) is 13.0 Å². The van der Waals surface area contributed by atoms with E-state index in [1.807, 2.05) is 6.92 Å². The van der Waals surface area contributed by atoms with Crippen molar-refractivity contribution < 1.29 is 8.78 Å². The summed E-state index contributed by atoms with van der Waals surface area (Å²) in [6.07, 6.45) is 0.938. The lowest BCUT2D eigenvalue weighted by molar-refractivity contribution is 0.590. The number of nitrogens with zero attached hydrogens (tertiary/aromatic N) is 2. The van der Waals surface area contributed by atoms with Crippen LogP contribution in [0.2, 0.25) is 0 Å². The van der Waals surface area contributed by atoms with Crippen molar-refractivity contribution in [1.82, 2.24) is 9.97 Å². The molecule has 1 aromatic carbocycles. The van der Waals surface area contributed by atoms with Crippen LogP contribution in [0.3, 0.4) is 0 Å². The number of aryl methyl sites for hydroxylation is 1.